The molecule has 0 saturated carbocycles. The molecule has 166 valence electrons. The minimum absolute atomic E-state index is 0.0160. The van der Waals surface area contributed by atoms with Crippen molar-refractivity contribution in [3.05, 3.63) is 59.2 Å². The van der Waals surface area contributed by atoms with Gasteiger partial charge in [0.1, 0.15) is 0 Å². The van der Waals surface area contributed by atoms with E-state index >= 15 is 0 Å². The van der Waals surface area contributed by atoms with E-state index in [0.29, 0.717) is 30.0 Å². The number of rotatable bonds is 3. The van der Waals surface area contributed by atoms with Crippen LogP contribution in [0.1, 0.15) is 68.4 Å². The number of carbonyl (C=O) groups is 1. The van der Waals surface area contributed by atoms with Gasteiger partial charge in [-0.05, 0) is 73.1 Å². The predicted molar refractivity (Wildman–Crippen MR) is 124 cm³/mol. The molecule has 0 spiro atoms. The second-order valence-electron chi connectivity index (χ2n) is 9.81. The molecule has 0 radical (unpaired) electrons. The van der Waals surface area contributed by atoms with Crippen molar-refractivity contribution >= 4 is 21.6 Å². The van der Waals surface area contributed by atoms with Gasteiger partial charge in [0.2, 0.25) is 10.0 Å². The van der Waals surface area contributed by atoms with Gasteiger partial charge in [-0.2, -0.15) is 4.31 Å². The zero-order valence-electron chi connectivity index (χ0n) is 18.9. The topological polar surface area (TPSA) is 57.7 Å². The molecule has 1 saturated heterocycles. The van der Waals surface area contributed by atoms with Gasteiger partial charge in [0.15, 0.2) is 0 Å². The van der Waals surface area contributed by atoms with Crippen molar-refractivity contribution in [1.29, 1.82) is 0 Å². The fraction of sp³-hybridized carbons (Fsp3) is 0.480. The molecule has 4 rings (SSSR count). The first-order valence-corrected chi connectivity index (χ1v) is 12.6. The van der Waals surface area contributed by atoms with Crippen LogP contribution >= 0.6 is 0 Å². The number of carbonyl (C=O) groups excluding carboxylic acids is 1. The highest BCUT2D eigenvalue weighted by Crippen LogP contribution is 2.36. The molecule has 2 aromatic rings. The van der Waals surface area contributed by atoms with Crippen LogP contribution in [-0.2, 0) is 21.9 Å². The average molecular weight is 441 g/mol. The van der Waals surface area contributed by atoms with Crippen molar-refractivity contribution < 1.29 is 13.2 Å². The Hall–Kier alpha value is -2.18. The summed E-state index contributed by atoms with van der Waals surface area (Å²) in [4.78, 5) is 15.5. The minimum atomic E-state index is -3.48. The molecule has 0 aromatic heterocycles. The van der Waals surface area contributed by atoms with E-state index in [1.54, 1.807) is 27.4 Å². The lowest BCUT2D eigenvalue weighted by Gasteiger charge is -2.26. The van der Waals surface area contributed by atoms with E-state index in [-0.39, 0.29) is 17.4 Å². The first kappa shape index (κ1) is 22.0. The van der Waals surface area contributed by atoms with E-state index < -0.39 is 10.0 Å². The largest absolute Gasteiger partial charge is 0.305 e. The molecule has 31 heavy (non-hydrogen) atoms. The number of piperidine rings is 1. The van der Waals surface area contributed by atoms with Gasteiger partial charge in [-0.15, -0.1) is 0 Å². The van der Waals surface area contributed by atoms with Gasteiger partial charge in [0.25, 0.3) is 5.91 Å². The third kappa shape index (κ3) is 4.15. The van der Waals surface area contributed by atoms with Crippen LogP contribution in [0.3, 0.4) is 0 Å². The first-order valence-electron chi connectivity index (χ1n) is 11.2. The highest BCUT2D eigenvalue weighted by molar-refractivity contribution is 7.89. The summed E-state index contributed by atoms with van der Waals surface area (Å²) < 4.78 is 27.7. The molecular formula is C25H32N2O3S. The lowest BCUT2D eigenvalue weighted by Crippen LogP contribution is -2.36. The predicted octanol–water partition coefficient (Wildman–Crippen LogP) is 4.75. The van der Waals surface area contributed by atoms with Crippen LogP contribution in [0.2, 0.25) is 0 Å². The summed E-state index contributed by atoms with van der Waals surface area (Å²) in [5, 5.41) is 0. The van der Waals surface area contributed by atoms with Crippen LogP contribution in [0.5, 0.6) is 0 Å². The number of sulfonamides is 1. The number of benzene rings is 2. The summed E-state index contributed by atoms with van der Waals surface area (Å²) in [5.74, 6) is -0.0432. The number of anilines is 1. The number of fused-ring (bicyclic) bond motifs is 1. The second kappa shape index (κ2) is 8.06. The molecule has 2 aliphatic rings. The Morgan fingerprint density at radius 1 is 0.968 bits per heavy atom. The number of nitrogens with zero attached hydrogens (tertiary/aromatic N) is 2. The van der Waals surface area contributed by atoms with Crippen LogP contribution in [0.4, 0.5) is 5.69 Å². The third-order valence-corrected chi connectivity index (χ3v) is 8.33. The average Bonchev–Trinajstić information content (AvgIpc) is 3.08. The van der Waals surface area contributed by atoms with Crippen LogP contribution in [0.15, 0.2) is 47.4 Å². The van der Waals surface area contributed by atoms with E-state index in [9.17, 15) is 13.2 Å². The Morgan fingerprint density at radius 2 is 1.61 bits per heavy atom. The fourth-order valence-electron chi connectivity index (χ4n) is 4.58. The van der Waals surface area contributed by atoms with Crippen molar-refractivity contribution in [2.75, 3.05) is 18.0 Å². The van der Waals surface area contributed by atoms with Crippen LogP contribution in [0, 0.1) is 0 Å². The first-order chi connectivity index (χ1) is 14.6. The summed E-state index contributed by atoms with van der Waals surface area (Å²) >= 11 is 0. The second-order valence-corrected chi connectivity index (χ2v) is 11.7. The molecule has 2 aromatic carbocycles. The Kier molecular flexibility index (Phi) is 5.73. The number of amides is 1. The smallest absolute Gasteiger partial charge is 0.258 e. The summed E-state index contributed by atoms with van der Waals surface area (Å²) in [7, 11) is -3.48. The third-order valence-electron chi connectivity index (χ3n) is 6.44. The Balaban J connectivity index is 1.61. The molecule has 0 aliphatic carbocycles. The van der Waals surface area contributed by atoms with Crippen molar-refractivity contribution in [1.82, 2.24) is 4.31 Å². The lowest BCUT2D eigenvalue weighted by molar-refractivity contribution is 0.0981. The van der Waals surface area contributed by atoms with Gasteiger partial charge in [0.05, 0.1) is 4.90 Å². The van der Waals surface area contributed by atoms with E-state index in [0.717, 1.165) is 30.5 Å². The van der Waals surface area contributed by atoms with Gasteiger partial charge in [-0.3, -0.25) is 4.79 Å². The SMILES string of the molecule is C[C@H]1Cc2cc(S(=O)(=O)N3CCCCC3)ccc2N1C(=O)c1ccc(C(C)(C)C)cc1. The summed E-state index contributed by atoms with van der Waals surface area (Å²) in [5.41, 5.74) is 3.61. The normalized spacial score (nSPS) is 20.0. The van der Waals surface area contributed by atoms with E-state index in [1.807, 2.05) is 31.2 Å². The molecule has 5 nitrogen and oxygen atoms in total. The molecule has 1 fully saturated rings. The molecule has 0 N–H and O–H groups in total. The van der Waals surface area contributed by atoms with Gasteiger partial charge >= 0.3 is 0 Å². The van der Waals surface area contributed by atoms with Crippen molar-refractivity contribution in [2.45, 2.75) is 69.7 Å². The van der Waals surface area contributed by atoms with Crippen molar-refractivity contribution in [3.63, 3.8) is 0 Å². The van der Waals surface area contributed by atoms with Crippen molar-refractivity contribution in [2.24, 2.45) is 0 Å². The van der Waals surface area contributed by atoms with E-state index in [4.69, 9.17) is 0 Å². The Labute approximate surface area is 186 Å². The van der Waals surface area contributed by atoms with Crippen LogP contribution in [-0.4, -0.2) is 37.8 Å². The molecule has 1 atom stereocenters. The summed E-state index contributed by atoms with van der Waals surface area (Å²) in [6.07, 6.45) is 3.57. The molecule has 0 unspecified atom stereocenters. The van der Waals surface area contributed by atoms with Crippen molar-refractivity contribution in [3.8, 4) is 0 Å². The Bertz CT molecular complexity index is 1080. The number of hydrogen-bond donors (Lipinski definition) is 0. The number of hydrogen-bond acceptors (Lipinski definition) is 3. The molecule has 2 heterocycles. The minimum Gasteiger partial charge on any atom is -0.305 e. The highest BCUT2D eigenvalue weighted by atomic mass is 32.2. The summed E-state index contributed by atoms with van der Waals surface area (Å²) in [6, 6.07) is 13.0. The van der Waals surface area contributed by atoms with E-state index in [2.05, 4.69) is 20.8 Å². The maximum absolute atomic E-state index is 13.3. The highest BCUT2D eigenvalue weighted by Gasteiger charge is 2.34. The molecular weight excluding hydrogens is 408 g/mol. The zero-order valence-corrected chi connectivity index (χ0v) is 19.7. The molecule has 2 aliphatic heterocycles. The lowest BCUT2D eigenvalue weighted by atomic mass is 9.86. The molecule has 6 heteroatoms. The fourth-order valence-corrected chi connectivity index (χ4v) is 6.15. The zero-order chi connectivity index (χ0) is 22.4. The van der Waals surface area contributed by atoms with Crippen LogP contribution in [0.25, 0.3) is 0 Å². The van der Waals surface area contributed by atoms with Gasteiger partial charge in [0, 0.05) is 30.4 Å². The monoisotopic (exact) mass is 440 g/mol. The maximum atomic E-state index is 13.3. The van der Waals surface area contributed by atoms with Crippen LogP contribution < -0.4 is 4.90 Å². The van der Waals surface area contributed by atoms with Gasteiger partial charge in [-0.1, -0.05) is 39.3 Å². The quantitative estimate of drug-likeness (QED) is 0.692. The van der Waals surface area contributed by atoms with Gasteiger partial charge < -0.3 is 4.90 Å². The van der Waals surface area contributed by atoms with Gasteiger partial charge in [-0.25, -0.2) is 8.42 Å². The standard InChI is InChI=1S/C25H32N2O3S/c1-18-16-20-17-22(31(29,30)26-14-6-5-7-15-26)12-13-23(20)27(18)24(28)19-8-10-21(11-9-19)25(2,3)4/h8-13,17-18H,5-7,14-16H2,1-4H3/t18-/m0/s1. The molecule has 0 bridgehead atoms. The van der Waals surface area contributed by atoms with E-state index in [1.165, 1.54) is 5.56 Å². The molecule has 1 amide bonds. The Morgan fingerprint density at radius 3 is 2.23 bits per heavy atom. The summed E-state index contributed by atoms with van der Waals surface area (Å²) in [6.45, 7) is 9.64. The maximum Gasteiger partial charge on any atom is 0.258 e.